The lowest BCUT2D eigenvalue weighted by molar-refractivity contribution is -0.161. The van der Waals surface area contributed by atoms with E-state index in [1.165, 1.54) is 122 Å². The summed E-state index contributed by atoms with van der Waals surface area (Å²) in [5.41, 5.74) is 0. The molecular weight excluding hydrogens is 1510 g/mol. The maximum absolute atomic E-state index is 13.1. The summed E-state index contributed by atoms with van der Waals surface area (Å²) < 4.78 is 61.5. The zero-order valence-electron chi connectivity index (χ0n) is 73.6. The first-order valence-electron chi connectivity index (χ1n) is 46.1. The van der Waals surface area contributed by atoms with Crippen molar-refractivity contribution >= 4 is 33.6 Å². The Morgan fingerprint density at radius 1 is 0.248 bits per heavy atom. The van der Waals surface area contributed by atoms with Gasteiger partial charge in [-0.2, -0.15) is 0 Å². The number of ether oxygens (including phenoxy) is 3. The van der Waals surface area contributed by atoms with Gasteiger partial charge in [-0.3, -0.25) is 32.5 Å². The lowest BCUT2D eigenvalue weighted by Gasteiger charge is -2.21. The van der Waals surface area contributed by atoms with Crippen LogP contribution in [-0.2, 0) is 55.8 Å². The van der Waals surface area contributed by atoms with Crippen molar-refractivity contribution in [1.29, 1.82) is 0 Å². The number of phosphoric ester groups is 2. The molecule has 668 valence electrons. The average Bonchev–Trinajstić information content (AvgIpc) is 1.04. The monoisotopic (exact) mass is 1670 g/mol. The van der Waals surface area contributed by atoms with Crippen LogP contribution in [0.5, 0.6) is 0 Å². The number of aliphatic hydroxyl groups excluding tert-OH is 2. The van der Waals surface area contributed by atoms with Crippen molar-refractivity contribution in [3.63, 3.8) is 0 Å². The minimum absolute atomic E-state index is 0.0867. The van der Waals surface area contributed by atoms with Crippen LogP contribution in [0.4, 0.5) is 0 Å². The van der Waals surface area contributed by atoms with E-state index in [-0.39, 0.29) is 19.3 Å². The standard InChI is InChI=1S/C99H166O16P2/c1-4-7-10-13-16-19-22-25-28-31-34-37-40-43-44-45-46-47-48-51-53-55-58-61-64-67-70-73-76-79-82-85-97(102)109-88-94(100)89-111-116(105,106)112-90-95(101)91-113-117(107,108)114-93-96(115-99(104)87-84-81-78-75-72-69-66-63-60-57-54-50-42-39-36-33-30-27-24-21-18-15-12-9-6-3)92-110-98(103)86-83-80-77-74-71-68-65-62-59-56-52-49-41-38-35-32-29-26-23-20-17-14-11-8-5-2/h8-9,11-12,16-21,25-30,34-39,43-44,49-50,52,54,59,62,94-96,100-101H,4-7,10,13-15,22-24,31-33,40-42,45-48,51,53,55-58,60-61,63-93H2,1-3H3,(H,105,106)(H,107,108)/b11-8-,12-9-,19-16-,20-17-,21-18-,28-25-,29-26-,30-27-,37-34-,38-35-,39-36-,44-43-,52-49-,54-50-,62-59-. The Bertz CT molecular complexity index is 2860. The summed E-state index contributed by atoms with van der Waals surface area (Å²) in [6.45, 7) is 2.43. The molecule has 0 saturated carbocycles. The minimum Gasteiger partial charge on any atom is -0.463 e. The molecule has 0 fully saturated rings. The van der Waals surface area contributed by atoms with Crippen LogP contribution in [0.2, 0.25) is 0 Å². The number of hydrogen-bond donors (Lipinski definition) is 4. The number of carbonyl (C=O) groups is 3. The van der Waals surface area contributed by atoms with Crippen molar-refractivity contribution in [2.24, 2.45) is 0 Å². The number of unbranched alkanes of at least 4 members (excludes halogenated alkanes) is 33. The molecule has 0 aliphatic carbocycles. The molecule has 0 aliphatic heterocycles. The Kier molecular flexibility index (Phi) is 85.8. The molecule has 0 aromatic rings. The normalized spacial score (nSPS) is 14.6. The number of aliphatic hydroxyl groups is 2. The lowest BCUT2D eigenvalue weighted by Crippen LogP contribution is -2.30. The fourth-order valence-electron chi connectivity index (χ4n) is 12.2. The van der Waals surface area contributed by atoms with Crippen molar-refractivity contribution in [3.05, 3.63) is 182 Å². The molecule has 4 N–H and O–H groups in total. The summed E-state index contributed by atoms with van der Waals surface area (Å²) in [7, 11) is -9.82. The Labute approximate surface area is 713 Å². The molecule has 0 radical (unpaired) electrons. The van der Waals surface area contributed by atoms with E-state index in [2.05, 4.69) is 203 Å². The largest absolute Gasteiger partial charge is 0.472 e. The molecule has 5 unspecified atom stereocenters. The highest BCUT2D eigenvalue weighted by molar-refractivity contribution is 7.47. The molecule has 0 aromatic carbocycles. The predicted octanol–water partition coefficient (Wildman–Crippen LogP) is 28.4. The minimum atomic E-state index is -4.95. The van der Waals surface area contributed by atoms with Gasteiger partial charge in [0.1, 0.15) is 25.4 Å². The first kappa shape index (κ1) is 112. The SMILES string of the molecule is CC/C=C\C/C=C\C/C=C\C/C=C\C/C=C\C/C=C\CCCCCCCCC(=O)OCC(COP(=O)(O)OCC(O)COP(=O)(O)OCC(O)COC(=O)CCCCCCCCCCCCCCCCC/C=C\C/C=C\C/C=C\C/C=C\CCCCC)OC(=O)CCCCCCCCCCC/C=C\C/C=C\C/C=C\C/C=C\C/C=C\CC. The highest BCUT2D eigenvalue weighted by Gasteiger charge is 2.29. The number of rotatable bonds is 86. The van der Waals surface area contributed by atoms with E-state index in [1.807, 2.05) is 0 Å². The molecule has 0 spiro atoms. The van der Waals surface area contributed by atoms with Crippen molar-refractivity contribution in [2.45, 2.75) is 386 Å². The van der Waals surface area contributed by atoms with Crippen molar-refractivity contribution in [2.75, 3.05) is 39.6 Å². The van der Waals surface area contributed by atoms with Crippen LogP contribution >= 0.6 is 15.6 Å². The molecular formula is C99H166O16P2. The summed E-state index contributed by atoms with van der Waals surface area (Å²) in [6, 6.07) is 0. The second-order valence-corrected chi connectivity index (χ2v) is 33.2. The van der Waals surface area contributed by atoms with E-state index >= 15 is 0 Å². The van der Waals surface area contributed by atoms with Gasteiger partial charge >= 0.3 is 33.6 Å². The molecule has 0 bridgehead atoms. The quantitative estimate of drug-likeness (QED) is 0.0146. The second-order valence-electron chi connectivity index (χ2n) is 30.3. The molecule has 0 rings (SSSR count). The molecule has 0 saturated heterocycles. The summed E-state index contributed by atoms with van der Waals surface area (Å²) >= 11 is 0. The Morgan fingerprint density at radius 2 is 0.453 bits per heavy atom. The molecule has 16 nitrogen and oxygen atoms in total. The fraction of sp³-hybridized carbons (Fsp3) is 0.667. The molecule has 0 heterocycles. The Morgan fingerprint density at radius 3 is 0.718 bits per heavy atom. The third-order valence-corrected chi connectivity index (χ3v) is 21.0. The molecule has 18 heteroatoms. The van der Waals surface area contributed by atoms with E-state index in [1.54, 1.807) is 0 Å². The molecule has 117 heavy (non-hydrogen) atoms. The van der Waals surface area contributed by atoms with E-state index in [9.17, 15) is 43.5 Å². The van der Waals surface area contributed by atoms with Gasteiger partial charge in [0.15, 0.2) is 6.10 Å². The number of hydrogen-bond acceptors (Lipinski definition) is 14. The predicted molar refractivity (Wildman–Crippen MR) is 491 cm³/mol. The van der Waals surface area contributed by atoms with Crippen LogP contribution in [0.25, 0.3) is 0 Å². The first-order chi connectivity index (χ1) is 57.2. The van der Waals surface area contributed by atoms with Crippen LogP contribution in [0.3, 0.4) is 0 Å². The van der Waals surface area contributed by atoms with Gasteiger partial charge in [-0.25, -0.2) is 9.13 Å². The van der Waals surface area contributed by atoms with Gasteiger partial charge < -0.3 is 34.2 Å². The Balaban J connectivity index is 4.65. The summed E-state index contributed by atoms with van der Waals surface area (Å²) in [5.74, 6) is -1.60. The van der Waals surface area contributed by atoms with Crippen LogP contribution in [0.1, 0.15) is 367 Å². The van der Waals surface area contributed by atoms with Crippen LogP contribution < -0.4 is 0 Å². The Hall–Kier alpha value is -5.35. The molecule has 0 amide bonds. The van der Waals surface area contributed by atoms with E-state index < -0.39 is 91.5 Å². The average molecular weight is 1670 g/mol. The maximum Gasteiger partial charge on any atom is 0.472 e. The van der Waals surface area contributed by atoms with Crippen LogP contribution in [-0.4, -0.2) is 95.9 Å². The van der Waals surface area contributed by atoms with E-state index in [0.717, 1.165) is 186 Å². The summed E-state index contributed by atoms with van der Waals surface area (Å²) in [5, 5.41) is 20.7. The lowest BCUT2D eigenvalue weighted by atomic mass is 10.0. The number of allylic oxidation sites excluding steroid dienone is 30. The highest BCUT2D eigenvalue weighted by Crippen LogP contribution is 2.45. The topological polar surface area (TPSA) is 231 Å². The van der Waals surface area contributed by atoms with Gasteiger partial charge in [0.25, 0.3) is 0 Å². The smallest absolute Gasteiger partial charge is 0.463 e. The zero-order chi connectivity index (χ0) is 85.1. The van der Waals surface area contributed by atoms with Crippen molar-refractivity contribution < 1.29 is 75.8 Å². The van der Waals surface area contributed by atoms with Crippen LogP contribution in [0, 0.1) is 0 Å². The molecule has 5 atom stereocenters. The second kappa shape index (κ2) is 89.9. The first-order valence-corrected chi connectivity index (χ1v) is 49.1. The van der Waals surface area contributed by atoms with Gasteiger partial charge in [0.05, 0.1) is 26.4 Å². The summed E-state index contributed by atoms with van der Waals surface area (Å²) in [6.07, 6.45) is 118. The fourth-order valence-corrected chi connectivity index (χ4v) is 13.8. The van der Waals surface area contributed by atoms with E-state index in [0.29, 0.717) is 19.3 Å². The van der Waals surface area contributed by atoms with E-state index in [4.69, 9.17) is 32.3 Å². The maximum atomic E-state index is 13.1. The zero-order valence-corrected chi connectivity index (χ0v) is 75.4. The molecule has 0 aromatic heterocycles. The molecule has 0 aliphatic rings. The summed E-state index contributed by atoms with van der Waals surface area (Å²) in [4.78, 5) is 59.0. The highest BCUT2D eigenvalue weighted by atomic mass is 31.2. The van der Waals surface area contributed by atoms with Gasteiger partial charge in [-0.05, 0) is 161 Å². The number of carbonyl (C=O) groups excluding carboxylic acids is 3. The van der Waals surface area contributed by atoms with Gasteiger partial charge in [-0.1, -0.05) is 370 Å². The van der Waals surface area contributed by atoms with Gasteiger partial charge in [-0.15, -0.1) is 0 Å². The van der Waals surface area contributed by atoms with Gasteiger partial charge in [0.2, 0.25) is 0 Å². The van der Waals surface area contributed by atoms with Crippen LogP contribution in [0.15, 0.2) is 182 Å². The number of phosphoric acid groups is 2. The third kappa shape index (κ3) is 91.2. The number of esters is 3. The third-order valence-electron chi connectivity index (χ3n) is 19.1. The van der Waals surface area contributed by atoms with Crippen molar-refractivity contribution in [1.82, 2.24) is 0 Å². The van der Waals surface area contributed by atoms with Gasteiger partial charge in [0, 0.05) is 19.3 Å². The van der Waals surface area contributed by atoms with Crippen molar-refractivity contribution in [3.8, 4) is 0 Å².